The van der Waals surface area contributed by atoms with Crippen molar-refractivity contribution in [2.24, 2.45) is 5.73 Å². The van der Waals surface area contributed by atoms with Crippen LogP contribution in [0.5, 0.6) is 5.75 Å². The quantitative estimate of drug-likeness (QED) is 0.849. The van der Waals surface area contributed by atoms with Gasteiger partial charge in [-0.1, -0.05) is 15.9 Å². The third kappa shape index (κ3) is 4.02. The second kappa shape index (κ2) is 6.61. The Hall–Kier alpha value is -1.07. The fourth-order valence-corrected chi connectivity index (χ4v) is 1.88. The summed E-state index contributed by atoms with van der Waals surface area (Å²) in [5.41, 5.74) is 6.76. The molecule has 17 heavy (non-hydrogen) atoms. The average Bonchev–Trinajstić information content (AvgIpc) is 2.29. The fourth-order valence-electron chi connectivity index (χ4n) is 1.50. The first-order valence-electron chi connectivity index (χ1n) is 5.33. The molecule has 0 amide bonds. The number of hydrogen-bond donors (Lipinski definition) is 1. The van der Waals surface area contributed by atoms with E-state index in [0.717, 1.165) is 10.0 Å². The summed E-state index contributed by atoms with van der Waals surface area (Å²) >= 11 is 3.36. The minimum absolute atomic E-state index is 0.140. The SMILES string of the molecule is CCOC(=O)C[C@@H](N)c1cc(Br)ccc1OC. The van der Waals surface area contributed by atoms with Crippen LogP contribution in [0.1, 0.15) is 24.9 Å². The van der Waals surface area contributed by atoms with E-state index in [9.17, 15) is 4.79 Å². The van der Waals surface area contributed by atoms with Gasteiger partial charge in [0.2, 0.25) is 0 Å². The van der Waals surface area contributed by atoms with Gasteiger partial charge in [-0.15, -0.1) is 0 Å². The minimum Gasteiger partial charge on any atom is -0.496 e. The van der Waals surface area contributed by atoms with Crippen LogP contribution in [0.4, 0.5) is 0 Å². The number of nitrogens with two attached hydrogens (primary N) is 1. The zero-order valence-electron chi connectivity index (χ0n) is 9.90. The number of methoxy groups -OCH3 is 1. The van der Waals surface area contributed by atoms with Crippen LogP contribution in [0.15, 0.2) is 22.7 Å². The van der Waals surface area contributed by atoms with Crippen molar-refractivity contribution in [1.82, 2.24) is 0 Å². The van der Waals surface area contributed by atoms with Gasteiger partial charge >= 0.3 is 5.97 Å². The number of halogens is 1. The molecule has 0 unspecified atom stereocenters. The predicted octanol–water partition coefficient (Wildman–Crippen LogP) is 2.41. The highest BCUT2D eigenvalue weighted by molar-refractivity contribution is 9.10. The molecular weight excluding hydrogens is 286 g/mol. The Morgan fingerprint density at radius 2 is 2.24 bits per heavy atom. The number of ether oxygens (including phenoxy) is 2. The normalized spacial score (nSPS) is 12.0. The molecule has 1 aromatic rings. The van der Waals surface area contributed by atoms with Gasteiger partial charge in [0.25, 0.3) is 0 Å². The number of rotatable bonds is 5. The van der Waals surface area contributed by atoms with E-state index < -0.39 is 6.04 Å². The highest BCUT2D eigenvalue weighted by Gasteiger charge is 2.16. The maximum absolute atomic E-state index is 11.4. The Labute approximate surface area is 109 Å². The summed E-state index contributed by atoms with van der Waals surface area (Å²) in [6.45, 7) is 2.13. The van der Waals surface area contributed by atoms with Gasteiger partial charge in [-0.05, 0) is 25.1 Å². The molecular formula is C12H16BrNO3. The van der Waals surface area contributed by atoms with E-state index in [1.807, 2.05) is 18.2 Å². The van der Waals surface area contributed by atoms with Crippen LogP contribution >= 0.6 is 15.9 Å². The van der Waals surface area contributed by atoms with Gasteiger partial charge < -0.3 is 15.2 Å². The van der Waals surface area contributed by atoms with Gasteiger partial charge in [0, 0.05) is 16.1 Å². The molecule has 0 saturated carbocycles. The van der Waals surface area contributed by atoms with E-state index in [1.165, 1.54) is 0 Å². The van der Waals surface area contributed by atoms with Crippen molar-refractivity contribution in [2.45, 2.75) is 19.4 Å². The van der Waals surface area contributed by atoms with E-state index in [2.05, 4.69) is 15.9 Å². The average molecular weight is 302 g/mol. The van der Waals surface area contributed by atoms with Crippen molar-refractivity contribution < 1.29 is 14.3 Å². The summed E-state index contributed by atoms with van der Waals surface area (Å²) < 4.78 is 11.0. The van der Waals surface area contributed by atoms with Crippen molar-refractivity contribution in [3.63, 3.8) is 0 Å². The number of hydrogen-bond acceptors (Lipinski definition) is 4. The van der Waals surface area contributed by atoms with Crippen LogP contribution in [0.25, 0.3) is 0 Å². The van der Waals surface area contributed by atoms with Crippen molar-refractivity contribution >= 4 is 21.9 Å². The van der Waals surface area contributed by atoms with Gasteiger partial charge in [-0.25, -0.2) is 0 Å². The van der Waals surface area contributed by atoms with Crippen LogP contribution in [0.2, 0.25) is 0 Å². The third-order valence-corrected chi connectivity index (χ3v) is 2.78. The molecule has 2 N–H and O–H groups in total. The topological polar surface area (TPSA) is 61.5 Å². The Balaban J connectivity index is 2.83. The van der Waals surface area contributed by atoms with Crippen LogP contribution in [-0.4, -0.2) is 19.7 Å². The summed E-state index contributed by atoms with van der Waals surface area (Å²) in [7, 11) is 1.57. The summed E-state index contributed by atoms with van der Waals surface area (Å²) in [4.78, 5) is 11.4. The zero-order chi connectivity index (χ0) is 12.8. The minimum atomic E-state index is -0.429. The number of esters is 1. The van der Waals surface area contributed by atoms with Crippen molar-refractivity contribution in [3.8, 4) is 5.75 Å². The standard InChI is InChI=1S/C12H16BrNO3/c1-3-17-12(15)7-10(14)9-6-8(13)4-5-11(9)16-2/h4-6,10H,3,7,14H2,1-2H3/t10-/m1/s1. The van der Waals surface area contributed by atoms with Crippen molar-refractivity contribution in [1.29, 1.82) is 0 Å². The number of carbonyl (C=O) groups is 1. The first-order chi connectivity index (χ1) is 8.08. The smallest absolute Gasteiger partial charge is 0.307 e. The van der Waals surface area contributed by atoms with Gasteiger partial charge in [0.15, 0.2) is 0 Å². The molecule has 0 aromatic heterocycles. The lowest BCUT2D eigenvalue weighted by molar-refractivity contribution is -0.143. The lowest BCUT2D eigenvalue weighted by Gasteiger charge is -2.15. The van der Waals surface area contributed by atoms with Gasteiger partial charge in [-0.2, -0.15) is 0 Å². The largest absolute Gasteiger partial charge is 0.496 e. The summed E-state index contributed by atoms with van der Waals surface area (Å²) in [6, 6.07) is 5.09. The number of benzene rings is 1. The maximum atomic E-state index is 11.4. The van der Waals surface area contributed by atoms with E-state index in [0.29, 0.717) is 12.4 Å². The van der Waals surface area contributed by atoms with Crippen LogP contribution in [0.3, 0.4) is 0 Å². The van der Waals surface area contributed by atoms with E-state index in [-0.39, 0.29) is 12.4 Å². The molecule has 5 heteroatoms. The van der Waals surface area contributed by atoms with Crippen LogP contribution in [0, 0.1) is 0 Å². The highest BCUT2D eigenvalue weighted by atomic mass is 79.9. The van der Waals surface area contributed by atoms with E-state index in [4.69, 9.17) is 15.2 Å². The van der Waals surface area contributed by atoms with E-state index in [1.54, 1.807) is 14.0 Å². The molecule has 1 rings (SSSR count). The van der Waals surface area contributed by atoms with Gasteiger partial charge in [-0.3, -0.25) is 4.79 Å². The Kier molecular flexibility index (Phi) is 5.44. The van der Waals surface area contributed by atoms with Crippen molar-refractivity contribution in [2.75, 3.05) is 13.7 Å². The zero-order valence-corrected chi connectivity index (χ0v) is 11.5. The summed E-state index contributed by atoms with van der Waals surface area (Å²) in [6.07, 6.45) is 0.140. The van der Waals surface area contributed by atoms with Gasteiger partial charge in [0.05, 0.1) is 20.1 Å². The molecule has 94 valence electrons. The monoisotopic (exact) mass is 301 g/mol. The maximum Gasteiger partial charge on any atom is 0.307 e. The van der Waals surface area contributed by atoms with E-state index >= 15 is 0 Å². The molecule has 0 fully saturated rings. The predicted molar refractivity (Wildman–Crippen MR) is 68.9 cm³/mol. The lowest BCUT2D eigenvalue weighted by atomic mass is 10.0. The molecule has 0 bridgehead atoms. The molecule has 4 nitrogen and oxygen atoms in total. The first-order valence-corrected chi connectivity index (χ1v) is 6.12. The van der Waals surface area contributed by atoms with Crippen LogP contribution < -0.4 is 10.5 Å². The molecule has 0 saturated heterocycles. The fraction of sp³-hybridized carbons (Fsp3) is 0.417. The molecule has 1 aromatic carbocycles. The third-order valence-electron chi connectivity index (χ3n) is 2.28. The summed E-state index contributed by atoms with van der Waals surface area (Å²) in [5.74, 6) is 0.368. The molecule has 0 spiro atoms. The second-order valence-corrected chi connectivity index (χ2v) is 4.42. The highest BCUT2D eigenvalue weighted by Crippen LogP contribution is 2.29. The van der Waals surface area contributed by atoms with Gasteiger partial charge in [0.1, 0.15) is 5.75 Å². The molecule has 0 aliphatic heterocycles. The molecule has 1 atom stereocenters. The first kappa shape index (κ1) is 14.0. The molecule has 0 aliphatic rings. The Morgan fingerprint density at radius 1 is 1.53 bits per heavy atom. The molecule has 0 aliphatic carbocycles. The second-order valence-electron chi connectivity index (χ2n) is 3.50. The molecule has 0 heterocycles. The lowest BCUT2D eigenvalue weighted by Crippen LogP contribution is -2.18. The Morgan fingerprint density at radius 3 is 2.82 bits per heavy atom. The Bertz CT molecular complexity index is 395. The van der Waals surface area contributed by atoms with Crippen LogP contribution in [-0.2, 0) is 9.53 Å². The van der Waals surface area contributed by atoms with Crippen molar-refractivity contribution in [3.05, 3.63) is 28.2 Å². The number of carbonyl (C=O) groups excluding carboxylic acids is 1. The molecule has 0 radical (unpaired) electrons. The summed E-state index contributed by atoms with van der Waals surface area (Å²) in [5, 5.41) is 0.